The van der Waals surface area contributed by atoms with E-state index in [1.807, 2.05) is 60.0 Å². The van der Waals surface area contributed by atoms with Gasteiger partial charge in [0.05, 0.1) is 0 Å². The Bertz CT molecular complexity index is 597. The number of rotatable bonds is 2. The largest absolute Gasteiger partial charge is 0.461 e. The van der Waals surface area contributed by atoms with Gasteiger partial charge in [-0.25, -0.2) is 0 Å². The average Bonchev–Trinajstić information content (AvgIpc) is 2.94. The van der Waals surface area contributed by atoms with Crippen molar-refractivity contribution in [2.45, 2.75) is 6.92 Å². The van der Waals surface area contributed by atoms with Crippen LogP contribution in [0.5, 0.6) is 0 Å². The average molecular weight is 287 g/mol. The van der Waals surface area contributed by atoms with Gasteiger partial charge in [-0.05, 0) is 31.2 Å². The number of thioether (sulfide) groups is 1. The fourth-order valence-corrected chi connectivity index (χ4v) is 3.22. The number of carbonyl (C=O) groups is 1. The summed E-state index contributed by atoms with van der Waals surface area (Å²) < 4.78 is 5.59. The van der Waals surface area contributed by atoms with Crippen LogP contribution in [0.15, 0.2) is 40.8 Å². The zero-order valence-electron chi connectivity index (χ0n) is 11.5. The quantitative estimate of drug-likeness (QED) is 0.848. The van der Waals surface area contributed by atoms with Crippen molar-refractivity contribution in [2.75, 3.05) is 24.6 Å². The van der Waals surface area contributed by atoms with Gasteiger partial charge < -0.3 is 9.32 Å². The Morgan fingerprint density at radius 3 is 2.40 bits per heavy atom. The highest BCUT2D eigenvalue weighted by Crippen LogP contribution is 2.23. The Hall–Kier alpha value is -1.68. The van der Waals surface area contributed by atoms with Crippen LogP contribution >= 0.6 is 11.8 Å². The van der Waals surface area contributed by atoms with Gasteiger partial charge in [0, 0.05) is 35.7 Å². The van der Waals surface area contributed by atoms with Gasteiger partial charge in [-0.3, -0.25) is 4.79 Å². The number of hydrogen-bond donors (Lipinski definition) is 0. The molecule has 0 bridgehead atoms. The minimum absolute atomic E-state index is 0.132. The lowest BCUT2D eigenvalue weighted by atomic mass is 10.1. The lowest BCUT2D eigenvalue weighted by Gasteiger charge is -2.26. The monoisotopic (exact) mass is 287 g/mol. The van der Waals surface area contributed by atoms with Gasteiger partial charge in [0.1, 0.15) is 11.5 Å². The molecule has 3 nitrogen and oxygen atoms in total. The first kappa shape index (κ1) is 13.3. The molecular weight excluding hydrogens is 270 g/mol. The molecule has 1 aromatic carbocycles. The van der Waals surface area contributed by atoms with E-state index in [1.165, 1.54) is 0 Å². The summed E-state index contributed by atoms with van der Waals surface area (Å²) in [6.45, 7) is 3.63. The van der Waals surface area contributed by atoms with Crippen molar-refractivity contribution in [1.82, 2.24) is 4.90 Å². The molecule has 1 amide bonds. The number of aryl methyl sites for hydroxylation is 1. The highest BCUT2D eigenvalue weighted by atomic mass is 32.2. The van der Waals surface area contributed by atoms with Gasteiger partial charge in [-0.1, -0.05) is 12.1 Å². The zero-order chi connectivity index (χ0) is 13.9. The molecule has 1 fully saturated rings. The van der Waals surface area contributed by atoms with Crippen LogP contribution in [0.4, 0.5) is 0 Å². The van der Waals surface area contributed by atoms with Gasteiger partial charge >= 0.3 is 0 Å². The van der Waals surface area contributed by atoms with Crippen molar-refractivity contribution in [3.8, 4) is 11.3 Å². The third-order valence-corrected chi connectivity index (χ3v) is 4.40. The lowest BCUT2D eigenvalue weighted by Crippen LogP contribution is -2.37. The second-order valence-electron chi connectivity index (χ2n) is 4.89. The molecule has 20 heavy (non-hydrogen) atoms. The zero-order valence-corrected chi connectivity index (χ0v) is 12.3. The maximum atomic E-state index is 12.3. The summed E-state index contributed by atoms with van der Waals surface area (Å²) in [5.74, 6) is 3.94. The Balaban J connectivity index is 1.77. The van der Waals surface area contributed by atoms with Crippen molar-refractivity contribution in [1.29, 1.82) is 0 Å². The van der Waals surface area contributed by atoms with Crippen molar-refractivity contribution in [3.05, 3.63) is 47.7 Å². The number of carbonyl (C=O) groups excluding carboxylic acids is 1. The Kier molecular flexibility index (Phi) is 3.83. The van der Waals surface area contributed by atoms with Gasteiger partial charge in [0.2, 0.25) is 0 Å². The summed E-state index contributed by atoms with van der Waals surface area (Å²) >= 11 is 1.91. The second-order valence-corrected chi connectivity index (χ2v) is 6.12. The highest BCUT2D eigenvalue weighted by Gasteiger charge is 2.18. The fourth-order valence-electron chi connectivity index (χ4n) is 2.32. The minimum Gasteiger partial charge on any atom is -0.461 e. The Morgan fingerprint density at radius 1 is 1.10 bits per heavy atom. The predicted octanol–water partition coefficient (Wildman–Crippen LogP) is 3.44. The molecule has 2 aromatic rings. The summed E-state index contributed by atoms with van der Waals surface area (Å²) in [4.78, 5) is 14.3. The molecule has 4 heteroatoms. The molecule has 0 atom stereocenters. The molecule has 3 rings (SSSR count). The van der Waals surface area contributed by atoms with Crippen molar-refractivity contribution in [3.63, 3.8) is 0 Å². The first-order valence-corrected chi connectivity index (χ1v) is 7.93. The van der Waals surface area contributed by atoms with E-state index in [0.29, 0.717) is 0 Å². The van der Waals surface area contributed by atoms with E-state index in [4.69, 9.17) is 4.42 Å². The van der Waals surface area contributed by atoms with Crippen LogP contribution in [0.1, 0.15) is 16.1 Å². The summed E-state index contributed by atoms with van der Waals surface area (Å²) in [5.41, 5.74) is 1.76. The first-order valence-electron chi connectivity index (χ1n) is 6.78. The van der Waals surface area contributed by atoms with Gasteiger partial charge in [-0.2, -0.15) is 11.8 Å². The van der Waals surface area contributed by atoms with E-state index < -0.39 is 0 Å². The van der Waals surface area contributed by atoms with Gasteiger partial charge in [0.25, 0.3) is 5.91 Å². The number of nitrogens with zero attached hydrogens (tertiary/aromatic N) is 1. The molecule has 0 saturated carbocycles. The molecule has 0 N–H and O–H groups in total. The van der Waals surface area contributed by atoms with Gasteiger partial charge in [0.15, 0.2) is 0 Å². The van der Waals surface area contributed by atoms with E-state index >= 15 is 0 Å². The van der Waals surface area contributed by atoms with E-state index in [9.17, 15) is 4.79 Å². The Morgan fingerprint density at radius 2 is 1.80 bits per heavy atom. The molecule has 104 valence electrons. The van der Waals surface area contributed by atoms with Crippen LogP contribution in [0.2, 0.25) is 0 Å². The summed E-state index contributed by atoms with van der Waals surface area (Å²) in [6.07, 6.45) is 0. The SMILES string of the molecule is Cc1ccc(-c2ccc(C(=O)N3CCSCC3)cc2)o1. The molecule has 2 heterocycles. The summed E-state index contributed by atoms with van der Waals surface area (Å²) in [7, 11) is 0. The van der Waals surface area contributed by atoms with Crippen LogP contribution in [0.3, 0.4) is 0 Å². The first-order chi connectivity index (χ1) is 9.74. The third kappa shape index (κ3) is 2.75. The van der Waals surface area contributed by atoms with E-state index in [0.717, 1.165) is 47.2 Å². The topological polar surface area (TPSA) is 33.5 Å². The number of amides is 1. The molecule has 0 aliphatic carbocycles. The highest BCUT2D eigenvalue weighted by molar-refractivity contribution is 7.99. The van der Waals surface area contributed by atoms with Crippen molar-refractivity contribution in [2.24, 2.45) is 0 Å². The third-order valence-electron chi connectivity index (χ3n) is 3.46. The standard InChI is InChI=1S/C16H17NO2S/c1-12-2-7-15(19-12)13-3-5-14(6-4-13)16(18)17-8-10-20-11-9-17/h2-7H,8-11H2,1H3. The molecule has 1 aliphatic rings. The number of furan rings is 1. The molecule has 0 radical (unpaired) electrons. The van der Waals surface area contributed by atoms with E-state index in [-0.39, 0.29) is 5.91 Å². The predicted molar refractivity (Wildman–Crippen MR) is 82.1 cm³/mol. The van der Waals surface area contributed by atoms with E-state index in [2.05, 4.69) is 0 Å². The lowest BCUT2D eigenvalue weighted by molar-refractivity contribution is 0.0772. The fraction of sp³-hybridized carbons (Fsp3) is 0.312. The molecular formula is C16H17NO2S. The molecule has 0 spiro atoms. The van der Waals surface area contributed by atoms with Crippen molar-refractivity contribution >= 4 is 17.7 Å². The normalized spacial score (nSPS) is 15.3. The molecule has 1 saturated heterocycles. The second kappa shape index (κ2) is 5.75. The molecule has 1 aliphatic heterocycles. The van der Waals surface area contributed by atoms with Crippen LogP contribution < -0.4 is 0 Å². The van der Waals surface area contributed by atoms with Crippen LogP contribution in [-0.2, 0) is 0 Å². The number of hydrogen-bond acceptors (Lipinski definition) is 3. The van der Waals surface area contributed by atoms with Crippen LogP contribution in [0.25, 0.3) is 11.3 Å². The minimum atomic E-state index is 0.132. The van der Waals surface area contributed by atoms with Gasteiger partial charge in [-0.15, -0.1) is 0 Å². The molecule has 0 unspecified atom stereocenters. The number of benzene rings is 1. The Labute approximate surface area is 123 Å². The smallest absolute Gasteiger partial charge is 0.253 e. The maximum Gasteiger partial charge on any atom is 0.253 e. The van der Waals surface area contributed by atoms with E-state index in [1.54, 1.807) is 0 Å². The van der Waals surface area contributed by atoms with Crippen LogP contribution in [-0.4, -0.2) is 35.4 Å². The maximum absolute atomic E-state index is 12.3. The molecule has 1 aromatic heterocycles. The van der Waals surface area contributed by atoms with Crippen LogP contribution in [0, 0.1) is 6.92 Å². The summed E-state index contributed by atoms with van der Waals surface area (Å²) in [5, 5.41) is 0. The van der Waals surface area contributed by atoms with Crippen molar-refractivity contribution < 1.29 is 9.21 Å². The summed E-state index contributed by atoms with van der Waals surface area (Å²) in [6, 6.07) is 11.6.